The normalized spacial score (nSPS) is 13.8. The average molecular weight is 343 g/mol. The van der Waals surface area contributed by atoms with Crippen LogP contribution >= 0.6 is 0 Å². The summed E-state index contributed by atoms with van der Waals surface area (Å²) < 4.78 is 18.5. The van der Waals surface area contributed by atoms with Gasteiger partial charge in [0.2, 0.25) is 23.2 Å². The molecule has 1 aliphatic rings. The number of halogens is 1. The summed E-state index contributed by atoms with van der Waals surface area (Å²) in [6.07, 6.45) is 2.08. The molecule has 0 aliphatic heterocycles. The minimum absolute atomic E-state index is 0.0110. The molecule has 6 nitrogen and oxygen atoms in total. The molecule has 0 spiro atoms. The molecule has 0 atom stereocenters. The van der Waals surface area contributed by atoms with E-state index in [2.05, 4.69) is 10.3 Å². The van der Waals surface area contributed by atoms with E-state index in [1.54, 1.807) is 0 Å². The molecule has 0 bridgehead atoms. The number of aromatic nitrogens is 1. The minimum Gasteiger partial charge on any atom is -0.432 e. The van der Waals surface area contributed by atoms with E-state index in [1.165, 1.54) is 30.3 Å². The SMILES string of the molecule is CN(C)CCCNC1=CC(=O)c2nc(-c3ccc(F)cc3)oc2C1=O. The molecule has 0 saturated heterocycles. The van der Waals surface area contributed by atoms with Crippen LogP contribution in [0.3, 0.4) is 0 Å². The highest BCUT2D eigenvalue weighted by Gasteiger charge is 2.32. The van der Waals surface area contributed by atoms with Gasteiger partial charge in [0.15, 0.2) is 5.69 Å². The van der Waals surface area contributed by atoms with E-state index in [9.17, 15) is 14.0 Å². The van der Waals surface area contributed by atoms with E-state index < -0.39 is 11.6 Å². The average Bonchev–Trinajstić information content (AvgIpc) is 3.02. The Bertz CT molecular complexity index is 838. The lowest BCUT2D eigenvalue weighted by molar-refractivity contribution is 0.0956. The van der Waals surface area contributed by atoms with Crippen molar-refractivity contribution in [2.24, 2.45) is 0 Å². The van der Waals surface area contributed by atoms with Crippen molar-refractivity contribution >= 4 is 11.6 Å². The second-order valence-corrected chi connectivity index (χ2v) is 6.04. The first-order chi connectivity index (χ1) is 12.0. The number of hydrogen-bond acceptors (Lipinski definition) is 6. The fourth-order valence-corrected chi connectivity index (χ4v) is 2.49. The molecule has 130 valence electrons. The number of hydrogen-bond donors (Lipinski definition) is 1. The summed E-state index contributed by atoms with van der Waals surface area (Å²) in [5.74, 6) is -1.14. The Kier molecular flexibility index (Phi) is 4.76. The quantitative estimate of drug-likeness (QED) is 0.811. The molecule has 25 heavy (non-hydrogen) atoms. The van der Waals surface area contributed by atoms with Crippen LogP contribution in [0.25, 0.3) is 11.5 Å². The lowest BCUT2D eigenvalue weighted by Crippen LogP contribution is -2.28. The zero-order valence-corrected chi connectivity index (χ0v) is 14.0. The molecule has 0 amide bonds. The molecule has 1 N–H and O–H groups in total. The van der Waals surface area contributed by atoms with Gasteiger partial charge in [-0.3, -0.25) is 9.59 Å². The van der Waals surface area contributed by atoms with Gasteiger partial charge in [0.1, 0.15) is 5.82 Å². The van der Waals surface area contributed by atoms with Gasteiger partial charge in [0.05, 0.1) is 5.70 Å². The van der Waals surface area contributed by atoms with E-state index in [-0.39, 0.29) is 28.8 Å². The van der Waals surface area contributed by atoms with E-state index >= 15 is 0 Å². The second kappa shape index (κ2) is 6.98. The monoisotopic (exact) mass is 343 g/mol. The van der Waals surface area contributed by atoms with Crippen LogP contribution in [0.2, 0.25) is 0 Å². The zero-order chi connectivity index (χ0) is 18.0. The van der Waals surface area contributed by atoms with Gasteiger partial charge in [-0.25, -0.2) is 9.37 Å². The van der Waals surface area contributed by atoms with Crippen LogP contribution in [-0.2, 0) is 0 Å². The molecule has 0 fully saturated rings. The standard InChI is InChI=1S/C18H18FN3O3/c1-22(2)9-3-8-20-13-10-14(23)15-17(16(13)24)25-18(21-15)11-4-6-12(19)7-5-11/h4-7,10,20H,3,8-9H2,1-2H3. The van der Waals surface area contributed by atoms with Gasteiger partial charge in [-0.1, -0.05) is 0 Å². The summed E-state index contributed by atoms with van der Waals surface area (Å²) in [7, 11) is 3.93. The van der Waals surface area contributed by atoms with Crippen molar-refractivity contribution in [3.8, 4) is 11.5 Å². The van der Waals surface area contributed by atoms with Crippen LogP contribution in [0, 0.1) is 5.82 Å². The first-order valence-electron chi connectivity index (χ1n) is 7.92. The van der Waals surface area contributed by atoms with Gasteiger partial charge >= 0.3 is 0 Å². The Morgan fingerprint density at radius 1 is 1.20 bits per heavy atom. The number of carbonyl (C=O) groups excluding carboxylic acids is 2. The number of carbonyl (C=O) groups is 2. The predicted octanol–water partition coefficient (Wildman–Crippen LogP) is 2.28. The molecule has 1 aromatic heterocycles. The third-order valence-electron chi connectivity index (χ3n) is 3.78. The summed E-state index contributed by atoms with van der Waals surface area (Å²) in [6, 6.07) is 5.49. The number of ketones is 2. The van der Waals surface area contributed by atoms with Crippen molar-refractivity contribution in [2.45, 2.75) is 6.42 Å². The second-order valence-electron chi connectivity index (χ2n) is 6.04. The molecule has 3 rings (SSSR count). The highest BCUT2D eigenvalue weighted by molar-refractivity contribution is 6.22. The lowest BCUT2D eigenvalue weighted by atomic mass is 10.0. The first-order valence-corrected chi connectivity index (χ1v) is 7.92. The van der Waals surface area contributed by atoms with Crippen molar-refractivity contribution in [2.75, 3.05) is 27.2 Å². The molecule has 1 heterocycles. The van der Waals surface area contributed by atoms with E-state index in [0.29, 0.717) is 12.1 Å². The lowest BCUT2D eigenvalue weighted by Gasteiger charge is -2.13. The van der Waals surface area contributed by atoms with Crippen LogP contribution in [-0.4, -0.2) is 48.6 Å². The van der Waals surface area contributed by atoms with Gasteiger partial charge in [0, 0.05) is 18.2 Å². The maximum atomic E-state index is 13.0. The fraction of sp³-hybridized carbons (Fsp3) is 0.278. The number of rotatable bonds is 6. The smallest absolute Gasteiger partial charge is 0.246 e. The van der Waals surface area contributed by atoms with Gasteiger partial charge < -0.3 is 14.6 Å². The van der Waals surface area contributed by atoms with Gasteiger partial charge in [0.25, 0.3) is 0 Å². The third kappa shape index (κ3) is 3.66. The first kappa shape index (κ1) is 17.0. The Morgan fingerprint density at radius 2 is 1.92 bits per heavy atom. The largest absolute Gasteiger partial charge is 0.432 e. The number of oxazole rings is 1. The third-order valence-corrected chi connectivity index (χ3v) is 3.78. The number of allylic oxidation sites excluding steroid dienone is 2. The van der Waals surface area contributed by atoms with Crippen LogP contribution in [0.15, 0.2) is 40.5 Å². The summed E-state index contributed by atoms with van der Waals surface area (Å²) in [6.45, 7) is 1.43. The van der Waals surface area contributed by atoms with Crippen LogP contribution in [0.5, 0.6) is 0 Å². The number of nitrogens with one attached hydrogen (secondary N) is 1. The molecule has 1 aliphatic carbocycles. The predicted molar refractivity (Wildman–Crippen MR) is 89.8 cm³/mol. The number of nitrogens with zero attached hydrogens (tertiary/aromatic N) is 2. The van der Waals surface area contributed by atoms with E-state index in [1.807, 2.05) is 19.0 Å². The number of fused-ring (bicyclic) bond motifs is 1. The summed E-state index contributed by atoms with van der Waals surface area (Å²) in [5.41, 5.74) is 0.693. The number of Topliss-reactive ketones (excluding diaryl/α,β-unsaturated/α-hetero) is 1. The molecule has 2 aromatic rings. The Morgan fingerprint density at radius 3 is 2.60 bits per heavy atom. The Labute approximate surface area is 144 Å². The molecular weight excluding hydrogens is 325 g/mol. The van der Waals surface area contributed by atoms with Gasteiger partial charge in [-0.2, -0.15) is 0 Å². The summed E-state index contributed by atoms with van der Waals surface area (Å²) >= 11 is 0. The molecule has 0 radical (unpaired) electrons. The highest BCUT2D eigenvalue weighted by atomic mass is 19.1. The van der Waals surface area contributed by atoms with E-state index in [0.717, 1.165) is 13.0 Å². The minimum atomic E-state index is -0.402. The summed E-state index contributed by atoms with van der Waals surface area (Å²) in [5, 5.41) is 2.98. The topological polar surface area (TPSA) is 75.4 Å². The maximum Gasteiger partial charge on any atom is 0.246 e. The number of benzene rings is 1. The van der Waals surface area contributed by atoms with Crippen molar-refractivity contribution in [1.29, 1.82) is 0 Å². The molecule has 0 unspecified atom stereocenters. The fourth-order valence-electron chi connectivity index (χ4n) is 2.49. The van der Waals surface area contributed by atoms with Crippen molar-refractivity contribution in [3.05, 3.63) is 53.3 Å². The van der Waals surface area contributed by atoms with Crippen LogP contribution < -0.4 is 5.32 Å². The molecular formula is C18H18FN3O3. The molecule has 1 aromatic carbocycles. The molecule has 7 heteroatoms. The van der Waals surface area contributed by atoms with E-state index in [4.69, 9.17) is 4.42 Å². The zero-order valence-electron chi connectivity index (χ0n) is 14.0. The Hall–Kier alpha value is -2.80. The Balaban J connectivity index is 1.78. The van der Waals surface area contributed by atoms with Gasteiger partial charge in [-0.05, 0) is 51.3 Å². The van der Waals surface area contributed by atoms with Crippen molar-refractivity contribution in [1.82, 2.24) is 15.2 Å². The van der Waals surface area contributed by atoms with Crippen LogP contribution in [0.4, 0.5) is 4.39 Å². The van der Waals surface area contributed by atoms with Gasteiger partial charge in [-0.15, -0.1) is 0 Å². The summed E-state index contributed by atoms with van der Waals surface area (Å²) in [4.78, 5) is 30.9. The van der Waals surface area contributed by atoms with Crippen molar-refractivity contribution < 1.29 is 18.4 Å². The molecule has 0 saturated carbocycles. The highest BCUT2D eigenvalue weighted by Crippen LogP contribution is 2.27. The van der Waals surface area contributed by atoms with Crippen molar-refractivity contribution in [3.63, 3.8) is 0 Å². The maximum absolute atomic E-state index is 13.0. The van der Waals surface area contributed by atoms with Crippen LogP contribution in [0.1, 0.15) is 27.5 Å².